The molecule has 0 unspecified atom stereocenters. The van der Waals surface area contributed by atoms with Gasteiger partial charge in [0.25, 0.3) is 0 Å². The molecule has 1 spiro atoms. The lowest BCUT2D eigenvalue weighted by Gasteiger charge is -2.39. The van der Waals surface area contributed by atoms with Crippen LogP contribution in [0.25, 0.3) is 0 Å². The van der Waals surface area contributed by atoms with Crippen LogP contribution in [0.15, 0.2) is 27.8 Å². The second-order valence-corrected chi connectivity index (χ2v) is 8.66. The molecule has 0 bridgehead atoms. The number of furan rings is 1. The molecule has 8 heteroatoms. The highest BCUT2D eigenvalue weighted by molar-refractivity contribution is 14.0. The molecule has 1 saturated carbocycles. The summed E-state index contributed by atoms with van der Waals surface area (Å²) in [6, 6.07) is 4.28. The van der Waals surface area contributed by atoms with E-state index in [0.717, 1.165) is 63.7 Å². The van der Waals surface area contributed by atoms with Crippen molar-refractivity contribution < 1.29 is 13.9 Å². The fraction of sp³-hybridized carbons (Fsp3) is 0.727. The molecule has 168 valence electrons. The van der Waals surface area contributed by atoms with Crippen molar-refractivity contribution in [1.82, 2.24) is 15.1 Å². The van der Waals surface area contributed by atoms with Gasteiger partial charge in [-0.25, -0.2) is 4.79 Å². The van der Waals surface area contributed by atoms with E-state index in [0.29, 0.717) is 18.1 Å². The van der Waals surface area contributed by atoms with E-state index in [1.807, 2.05) is 24.0 Å². The molecule has 0 atom stereocenters. The summed E-state index contributed by atoms with van der Waals surface area (Å²) in [4.78, 5) is 21.2. The van der Waals surface area contributed by atoms with Crippen LogP contribution in [0.3, 0.4) is 0 Å². The first-order valence-electron chi connectivity index (χ1n) is 11.2. The van der Waals surface area contributed by atoms with Crippen molar-refractivity contribution in [1.29, 1.82) is 0 Å². The number of carbonyl (C=O) groups excluding carboxylic acids is 1. The van der Waals surface area contributed by atoms with Gasteiger partial charge in [0.15, 0.2) is 5.96 Å². The van der Waals surface area contributed by atoms with Crippen LogP contribution in [0.5, 0.6) is 0 Å². The Morgan fingerprint density at radius 3 is 2.67 bits per heavy atom. The lowest BCUT2D eigenvalue weighted by molar-refractivity contribution is 0.0960. The van der Waals surface area contributed by atoms with Gasteiger partial charge >= 0.3 is 6.09 Å². The molecule has 2 saturated heterocycles. The first-order chi connectivity index (χ1) is 14.2. The van der Waals surface area contributed by atoms with Crippen molar-refractivity contribution in [2.75, 3.05) is 39.3 Å². The largest absolute Gasteiger partial charge is 0.469 e. The molecule has 1 aliphatic carbocycles. The summed E-state index contributed by atoms with van der Waals surface area (Å²) in [5.41, 5.74) is 0.538. The highest BCUT2D eigenvalue weighted by Crippen LogP contribution is 2.47. The van der Waals surface area contributed by atoms with E-state index in [1.54, 1.807) is 6.26 Å². The molecule has 3 aliphatic rings. The number of nitrogens with zero attached hydrogens (tertiary/aromatic N) is 3. The van der Waals surface area contributed by atoms with Crippen LogP contribution >= 0.6 is 24.0 Å². The molecule has 1 N–H and O–H groups in total. The van der Waals surface area contributed by atoms with Crippen LogP contribution in [0.4, 0.5) is 4.79 Å². The van der Waals surface area contributed by atoms with E-state index in [9.17, 15) is 4.79 Å². The predicted octanol–water partition coefficient (Wildman–Crippen LogP) is 3.88. The number of likely N-dealkylation sites (tertiary alicyclic amines) is 2. The molecular formula is C22H35IN4O3. The molecular weight excluding hydrogens is 495 g/mol. The first kappa shape index (κ1) is 23.2. The molecule has 1 aromatic heterocycles. The van der Waals surface area contributed by atoms with E-state index in [4.69, 9.17) is 14.1 Å². The molecule has 2 aliphatic heterocycles. The van der Waals surface area contributed by atoms with Crippen molar-refractivity contribution in [3.63, 3.8) is 0 Å². The maximum atomic E-state index is 11.9. The minimum absolute atomic E-state index is 0. The van der Waals surface area contributed by atoms with Crippen molar-refractivity contribution in [3.05, 3.63) is 24.2 Å². The number of carbonyl (C=O) groups is 1. The Morgan fingerprint density at radius 2 is 2.07 bits per heavy atom. The second kappa shape index (κ2) is 10.7. The highest BCUT2D eigenvalue weighted by atomic mass is 127. The third-order valence-electron chi connectivity index (χ3n) is 6.71. The van der Waals surface area contributed by atoms with Gasteiger partial charge in [0.1, 0.15) is 5.76 Å². The quantitative estimate of drug-likeness (QED) is 0.356. The van der Waals surface area contributed by atoms with E-state index in [-0.39, 0.29) is 30.1 Å². The maximum Gasteiger partial charge on any atom is 0.409 e. The molecule has 0 aromatic carbocycles. The number of ether oxygens (including phenoxy) is 1. The predicted molar refractivity (Wildman–Crippen MR) is 127 cm³/mol. The van der Waals surface area contributed by atoms with Crippen LogP contribution in [0, 0.1) is 5.41 Å². The Kier molecular flexibility index (Phi) is 8.30. The van der Waals surface area contributed by atoms with Crippen LogP contribution in [0.1, 0.15) is 51.2 Å². The zero-order chi connectivity index (χ0) is 20.1. The van der Waals surface area contributed by atoms with E-state index >= 15 is 0 Å². The number of amides is 1. The average Bonchev–Trinajstić information content (AvgIpc) is 3.38. The zero-order valence-electron chi connectivity index (χ0n) is 18.0. The SMILES string of the molecule is CCOC(=O)N1CCC(NC(=NCCc2ccco2)N2CCC3(CCC3)C2)CC1.I. The molecule has 4 rings (SSSR count). The van der Waals surface area contributed by atoms with Crippen LogP contribution in [-0.2, 0) is 11.2 Å². The van der Waals surface area contributed by atoms with E-state index < -0.39 is 0 Å². The van der Waals surface area contributed by atoms with Gasteiger partial charge < -0.3 is 24.3 Å². The third kappa shape index (κ3) is 5.62. The van der Waals surface area contributed by atoms with Crippen molar-refractivity contribution >= 4 is 36.0 Å². The normalized spacial score (nSPS) is 21.3. The molecule has 7 nitrogen and oxygen atoms in total. The standard InChI is InChI=1S/C22H34N4O3.HI/c1-2-28-21(27)25-13-7-18(8-14-25)24-20(23-12-6-19-5-3-16-29-19)26-15-11-22(17-26)9-4-10-22;/h3,5,16,18H,2,4,6-15,17H2,1H3,(H,23,24);1H. The van der Waals surface area contributed by atoms with Gasteiger partial charge in [-0.15, -0.1) is 24.0 Å². The van der Waals surface area contributed by atoms with Crippen LogP contribution in [0.2, 0.25) is 0 Å². The summed E-state index contributed by atoms with van der Waals surface area (Å²) >= 11 is 0. The summed E-state index contributed by atoms with van der Waals surface area (Å²) in [6.45, 7) is 6.69. The summed E-state index contributed by atoms with van der Waals surface area (Å²) in [7, 11) is 0. The number of halogens is 1. The minimum atomic E-state index is -0.190. The number of hydrogen-bond acceptors (Lipinski definition) is 4. The van der Waals surface area contributed by atoms with Crippen molar-refractivity contribution in [2.24, 2.45) is 10.4 Å². The fourth-order valence-corrected chi connectivity index (χ4v) is 4.77. The lowest BCUT2D eigenvalue weighted by atomic mass is 9.68. The topological polar surface area (TPSA) is 70.3 Å². The Morgan fingerprint density at radius 1 is 1.27 bits per heavy atom. The summed E-state index contributed by atoms with van der Waals surface area (Å²) in [5.74, 6) is 2.02. The van der Waals surface area contributed by atoms with Gasteiger partial charge in [-0.1, -0.05) is 6.42 Å². The molecule has 1 aromatic rings. The van der Waals surface area contributed by atoms with Crippen LogP contribution in [-0.4, -0.2) is 67.2 Å². The van der Waals surface area contributed by atoms with E-state index in [2.05, 4.69) is 10.2 Å². The number of nitrogens with one attached hydrogen (secondary N) is 1. The molecule has 1 amide bonds. The minimum Gasteiger partial charge on any atom is -0.469 e. The molecule has 30 heavy (non-hydrogen) atoms. The van der Waals surface area contributed by atoms with Gasteiger partial charge in [-0.2, -0.15) is 0 Å². The summed E-state index contributed by atoms with van der Waals surface area (Å²) in [5, 5.41) is 3.72. The monoisotopic (exact) mass is 530 g/mol. The zero-order valence-corrected chi connectivity index (χ0v) is 20.3. The van der Waals surface area contributed by atoms with Gasteiger partial charge in [0, 0.05) is 45.2 Å². The van der Waals surface area contributed by atoms with Gasteiger partial charge in [-0.3, -0.25) is 4.99 Å². The number of hydrogen-bond donors (Lipinski definition) is 1. The van der Waals surface area contributed by atoms with Crippen molar-refractivity contribution in [2.45, 2.75) is 57.9 Å². The highest BCUT2D eigenvalue weighted by Gasteiger charge is 2.43. The van der Waals surface area contributed by atoms with Crippen LogP contribution < -0.4 is 5.32 Å². The number of piperidine rings is 1. The number of aliphatic imine (C=N–C) groups is 1. The van der Waals surface area contributed by atoms with Gasteiger partial charge in [-0.05, 0) is 56.6 Å². The van der Waals surface area contributed by atoms with E-state index in [1.165, 1.54) is 25.7 Å². The molecule has 0 radical (unpaired) electrons. The Bertz CT molecular complexity index is 697. The van der Waals surface area contributed by atoms with Gasteiger partial charge in [0.2, 0.25) is 0 Å². The smallest absolute Gasteiger partial charge is 0.409 e. The molecule has 3 fully saturated rings. The third-order valence-corrected chi connectivity index (χ3v) is 6.71. The Hall–Kier alpha value is -1.45. The Labute approximate surface area is 196 Å². The Balaban J connectivity index is 0.00000256. The fourth-order valence-electron chi connectivity index (χ4n) is 4.77. The second-order valence-electron chi connectivity index (χ2n) is 8.66. The van der Waals surface area contributed by atoms with Gasteiger partial charge in [0.05, 0.1) is 12.9 Å². The number of rotatable bonds is 5. The first-order valence-corrected chi connectivity index (χ1v) is 11.2. The molecule has 3 heterocycles. The summed E-state index contributed by atoms with van der Waals surface area (Å²) < 4.78 is 10.6. The average molecular weight is 530 g/mol. The number of guanidine groups is 1. The van der Waals surface area contributed by atoms with Crippen molar-refractivity contribution in [3.8, 4) is 0 Å². The maximum absolute atomic E-state index is 11.9. The summed E-state index contributed by atoms with van der Waals surface area (Å²) in [6.07, 6.45) is 9.58. The lowest BCUT2D eigenvalue weighted by Crippen LogP contribution is -2.51.